The van der Waals surface area contributed by atoms with Crippen LogP contribution in [0.2, 0.25) is 0 Å². The molecule has 5 heteroatoms. The van der Waals surface area contributed by atoms with Crippen LogP contribution in [0.15, 0.2) is 18.2 Å². The molecule has 3 N–H and O–H groups in total. The zero-order valence-electron chi connectivity index (χ0n) is 11.6. The summed E-state index contributed by atoms with van der Waals surface area (Å²) in [7, 11) is 0. The van der Waals surface area contributed by atoms with Crippen molar-refractivity contribution in [3.8, 4) is 0 Å². The monoisotopic (exact) mass is 276 g/mol. The quantitative estimate of drug-likeness (QED) is 0.786. The van der Waals surface area contributed by atoms with E-state index in [-0.39, 0.29) is 11.5 Å². The van der Waals surface area contributed by atoms with Crippen molar-refractivity contribution in [3.63, 3.8) is 0 Å². The summed E-state index contributed by atoms with van der Waals surface area (Å²) in [6, 6.07) is 5.02. The van der Waals surface area contributed by atoms with Crippen LogP contribution < -0.4 is 10.6 Å². The number of carbonyl (C=O) groups is 2. The number of carboxylic acids is 1. The highest BCUT2D eigenvalue weighted by molar-refractivity contribution is 6.00. The number of benzene rings is 1. The van der Waals surface area contributed by atoms with Crippen LogP contribution in [-0.2, 0) is 4.79 Å². The number of aryl methyl sites for hydroxylation is 1. The zero-order chi connectivity index (χ0) is 14.5. The van der Waals surface area contributed by atoms with Gasteiger partial charge in [-0.2, -0.15) is 0 Å². The van der Waals surface area contributed by atoms with Gasteiger partial charge in [0.2, 0.25) is 5.91 Å². The minimum absolute atomic E-state index is 0.108. The summed E-state index contributed by atoms with van der Waals surface area (Å²) in [4.78, 5) is 23.2. The van der Waals surface area contributed by atoms with Gasteiger partial charge in [-0.3, -0.25) is 4.79 Å². The standard InChI is InChI=1S/C15H20N2O3/c1-10-2-3-13(12(8-10)15(19)20)17-14(18)9-11-4-6-16-7-5-11/h2-3,8,11,16H,4-7,9H2,1H3,(H,17,18)(H,19,20). The van der Waals surface area contributed by atoms with Crippen molar-refractivity contribution in [2.24, 2.45) is 5.92 Å². The van der Waals surface area contributed by atoms with E-state index in [0.717, 1.165) is 31.5 Å². The number of hydrogen-bond acceptors (Lipinski definition) is 3. The van der Waals surface area contributed by atoms with E-state index in [4.69, 9.17) is 5.11 Å². The summed E-state index contributed by atoms with van der Waals surface area (Å²) >= 11 is 0. The molecule has 0 atom stereocenters. The predicted molar refractivity (Wildman–Crippen MR) is 77.0 cm³/mol. The first-order valence-corrected chi connectivity index (χ1v) is 6.91. The van der Waals surface area contributed by atoms with Crippen LogP contribution in [0, 0.1) is 12.8 Å². The molecule has 1 amide bonds. The Bertz CT molecular complexity index is 508. The summed E-state index contributed by atoms with van der Waals surface area (Å²) in [5, 5.41) is 15.1. The summed E-state index contributed by atoms with van der Waals surface area (Å²) in [6.45, 7) is 3.72. The van der Waals surface area contributed by atoms with E-state index in [0.29, 0.717) is 18.0 Å². The van der Waals surface area contributed by atoms with E-state index in [9.17, 15) is 9.59 Å². The molecule has 0 saturated carbocycles. The van der Waals surface area contributed by atoms with Gasteiger partial charge in [0.15, 0.2) is 0 Å². The predicted octanol–water partition coefficient (Wildman–Crippen LogP) is 2.02. The van der Waals surface area contributed by atoms with Crippen LogP contribution in [0.3, 0.4) is 0 Å². The maximum absolute atomic E-state index is 12.0. The van der Waals surface area contributed by atoms with Crippen molar-refractivity contribution < 1.29 is 14.7 Å². The molecule has 1 aliphatic heterocycles. The third kappa shape index (κ3) is 3.81. The van der Waals surface area contributed by atoms with Crippen molar-refractivity contribution in [3.05, 3.63) is 29.3 Å². The molecular weight excluding hydrogens is 256 g/mol. The summed E-state index contributed by atoms with van der Waals surface area (Å²) in [6.07, 6.45) is 2.44. The minimum Gasteiger partial charge on any atom is -0.478 e. The van der Waals surface area contributed by atoms with E-state index in [2.05, 4.69) is 10.6 Å². The Labute approximate surface area is 118 Å². The molecule has 2 rings (SSSR count). The van der Waals surface area contributed by atoms with Crippen LogP contribution in [0.1, 0.15) is 35.2 Å². The fraction of sp³-hybridized carbons (Fsp3) is 0.467. The number of piperidine rings is 1. The Morgan fingerprint density at radius 2 is 2.05 bits per heavy atom. The van der Waals surface area contributed by atoms with Crippen molar-refractivity contribution >= 4 is 17.6 Å². The Morgan fingerprint density at radius 1 is 1.35 bits per heavy atom. The highest BCUT2D eigenvalue weighted by atomic mass is 16.4. The van der Waals surface area contributed by atoms with Gasteiger partial charge in [0, 0.05) is 6.42 Å². The van der Waals surface area contributed by atoms with E-state index in [1.807, 2.05) is 6.92 Å². The lowest BCUT2D eigenvalue weighted by molar-refractivity contribution is -0.117. The SMILES string of the molecule is Cc1ccc(NC(=O)CC2CCNCC2)c(C(=O)O)c1. The molecule has 1 aliphatic rings. The highest BCUT2D eigenvalue weighted by Gasteiger charge is 2.18. The summed E-state index contributed by atoms with van der Waals surface area (Å²) < 4.78 is 0. The van der Waals surface area contributed by atoms with Crippen molar-refractivity contribution in [2.45, 2.75) is 26.2 Å². The lowest BCUT2D eigenvalue weighted by Crippen LogP contribution is -2.30. The second-order valence-electron chi connectivity index (χ2n) is 5.30. The molecule has 1 saturated heterocycles. The maximum atomic E-state index is 12.0. The molecule has 1 heterocycles. The van der Waals surface area contributed by atoms with Crippen LogP contribution in [0.25, 0.3) is 0 Å². The zero-order valence-corrected chi connectivity index (χ0v) is 11.6. The number of carboxylic acid groups (broad SMARTS) is 1. The van der Waals surface area contributed by atoms with Crippen molar-refractivity contribution in [1.29, 1.82) is 0 Å². The molecule has 0 aromatic heterocycles. The fourth-order valence-electron chi connectivity index (χ4n) is 2.49. The Balaban J connectivity index is 2.01. The number of nitrogens with one attached hydrogen (secondary N) is 2. The maximum Gasteiger partial charge on any atom is 0.337 e. The summed E-state index contributed by atoms with van der Waals surface area (Å²) in [5.41, 5.74) is 1.38. The molecule has 1 aromatic carbocycles. The normalized spacial score (nSPS) is 15.8. The smallest absolute Gasteiger partial charge is 0.337 e. The van der Waals surface area contributed by atoms with Gasteiger partial charge in [-0.15, -0.1) is 0 Å². The molecular formula is C15H20N2O3. The fourth-order valence-corrected chi connectivity index (χ4v) is 2.49. The lowest BCUT2D eigenvalue weighted by atomic mass is 9.94. The third-order valence-corrected chi connectivity index (χ3v) is 3.61. The number of anilines is 1. The topological polar surface area (TPSA) is 78.4 Å². The number of amides is 1. The molecule has 108 valence electrons. The van der Waals surface area contributed by atoms with Crippen molar-refractivity contribution in [2.75, 3.05) is 18.4 Å². The van der Waals surface area contributed by atoms with Gasteiger partial charge in [0.25, 0.3) is 0 Å². The molecule has 5 nitrogen and oxygen atoms in total. The van der Waals surface area contributed by atoms with Gasteiger partial charge in [-0.1, -0.05) is 11.6 Å². The van der Waals surface area contributed by atoms with E-state index in [1.54, 1.807) is 18.2 Å². The molecule has 0 spiro atoms. The highest BCUT2D eigenvalue weighted by Crippen LogP contribution is 2.20. The summed E-state index contributed by atoms with van der Waals surface area (Å²) in [5.74, 6) is -0.746. The van der Waals surface area contributed by atoms with Gasteiger partial charge >= 0.3 is 5.97 Å². The van der Waals surface area contributed by atoms with Gasteiger partial charge in [-0.25, -0.2) is 4.79 Å². The van der Waals surface area contributed by atoms with Crippen LogP contribution in [0.5, 0.6) is 0 Å². The number of carbonyl (C=O) groups excluding carboxylic acids is 1. The first-order valence-electron chi connectivity index (χ1n) is 6.91. The van der Waals surface area contributed by atoms with Gasteiger partial charge in [0.05, 0.1) is 11.3 Å². The third-order valence-electron chi connectivity index (χ3n) is 3.61. The minimum atomic E-state index is -1.02. The van der Waals surface area contributed by atoms with Gasteiger partial charge < -0.3 is 15.7 Å². The average Bonchev–Trinajstić information content (AvgIpc) is 2.41. The number of aromatic carboxylic acids is 1. The Kier molecular flexibility index (Phi) is 4.74. The van der Waals surface area contributed by atoms with Gasteiger partial charge in [0.1, 0.15) is 0 Å². The Hall–Kier alpha value is -1.88. The van der Waals surface area contributed by atoms with Crippen LogP contribution >= 0.6 is 0 Å². The largest absolute Gasteiger partial charge is 0.478 e. The van der Waals surface area contributed by atoms with E-state index in [1.165, 1.54) is 0 Å². The first kappa shape index (κ1) is 14.5. The Morgan fingerprint density at radius 3 is 2.70 bits per heavy atom. The lowest BCUT2D eigenvalue weighted by Gasteiger charge is -2.22. The van der Waals surface area contributed by atoms with Crippen molar-refractivity contribution in [1.82, 2.24) is 5.32 Å². The van der Waals surface area contributed by atoms with E-state index >= 15 is 0 Å². The second-order valence-corrected chi connectivity index (χ2v) is 5.30. The average molecular weight is 276 g/mol. The second kappa shape index (κ2) is 6.52. The molecule has 0 radical (unpaired) electrons. The first-order chi connectivity index (χ1) is 9.56. The molecule has 0 bridgehead atoms. The number of rotatable bonds is 4. The van der Waals surface area contributed by atoms with E-state index < -0.39 is 5.97 Å². The number of hydrogen-bond donors (Lipinski definition) is 3. The molecule has 1 aromatic rings. The van der Waals surface area contributed by atoms with Crippen LogP contribution in [0.4, 0.5) is 5.69 Å². The van der Waals surface area contributed by atoms with Gasteiger partial charge in [-0.05, 0) is 50.9 Å². The molecule has 1 fully saturated rings. The molecule has 0 aliphatic carbocycles. The molecule has 20 heavy (non-hydrogen) atoms. The van der Waals surface area contributed by atoms with Crippen LogP contribution in [-0.4, -0.2) is 30.1 Å². The molecule has 0 unspecified atom stereocenters.